The molecule has 0 saturated heterocycles. The van der Waals surface area contributed by atoms with E-state index in [2.05, 4.69) is 4.98 Å². The zero-order valence-corrected chi connectivity index (χ0v) is 10.3. The molecule has 0 aliphatic heterocycles. The zero-order chi connectivity index (χ0) is 12.0. The van der Waals surface area contributed by atoms with E-state index in [0.29, 0.717) is 5.75 Å². The summed E-state index contributed by atoms with van der Waals surface area (Å²) in [5.74, 6) is 0.397. The van der Waals surface area contributed by atoms with Crippen molar-refractivity contribution < 1.29 is 9.90 Å². The Morgan fingerprint density at radius 1 is 1.56 bits per heavy atom. The molecule has 4 nitrogen and oxygen atoms in total. The van der Waals surface area contributed by atoms with Crippen molar-refractivity contribution in [2.75, 3.05) is 19.4 Å². The van der Waals surface area contributed by atoms with Crippen molar-refractivity contribution in [2.45, 2.75) is 17.9 Å². The van der Waals surface area contributed by atoms with Gasteiger partial charge in [-0.1, -0.05) is 0 Å². The summed E-state index contributed by atoms with van der Waals surface area (Å²) in [6.45, 7) is 1.80. The summed E-state index contributed by atoms with van der Waals surface area (Å²) in [6.07, 6.45) is 3.40. The van der Waals surface area contributed by atoms with Crippen LogP contribution < -0.4 is 0 Å². The van der Waals surface area contributed by atoms with E-state index in [4.69, 9.17) is 5.11 Å². The highest BCUT2D eigenvalue weighted by Gasteiger charge is 2.14. The second kappa shape index (κ2) is 6.50. The standard InChI is InChI=1S/C11H16N2O2S/c1-9(7-14)13(2)11(15)8-16-10-3-5-12-6-4-10/h3-6,9,14H,7-8H2,1-2H3. The van der Waals surface area contributed by atoms with Crippen LogP contribution in [-0.2, 0) is 4.79 Å². The lowest BCUT2D eigenvalue weighted by atomic mass is 10.3. The first kappa shape index (κ1) is 13.0. The van der Waals surface area contributed by atoms with Crippen molar-refractivity contribution >= 4 is 17.7 Å². The number of pyridine rings is 1. The molecule has 16 heavy (non-hydrogen) atoms. The van der Waals surface area contributed by atoms with Crippen LogP contribution in [0.15, 0.2) is 29.4 Å². The molecule has 0 fully saturated rings. The normalized spacial score (nSPS) is 12.2. The number of aliphatic hydroxyl groups excluding tert-OH is 1. The molecule has 0 aromatic carbocycles. The van der Waals surface area contributed by atoms with E-state index in [1.165, 1.54) is 11.8 Å². The van der Waals surface area contributed by atoms with Crippen molar-refractivity contribution in [3.8, 4) is 0 Å². The average molecular weight is 240 g/mol. The monoisotopic (exact) mass is 240 g/mol. The number of aliphatic hydroxyl groups is 1. The number of carbonyl (C=O) groups is 1. The largest absolute Gasteiger partial charge is 0.394 e. The molecule has 1 aromatic rings. The van der Waals surface area contributed by atoms with E-state index in [-0.39, 0.29) is 18.6 Å². The molecule has 88 valence electrons. The van der Waals surface area contributed by atoms with Gasteiger partial charge in [0.25, 0.3) is 0 Å². The van der Waals surface area contributed by atoms with E-state index >= 15 is 0 Å². The van der Waals surface area contributed by atoms with Crippen LogP contribution in [0.2, 0.25) is 0 Å². The summed E-state index contributed by atoms with van der Waals surface area (Å²) in [7, 11) is 1.70. The quantitative estimate of drug-likeness (QED) is 0.781. The van der Waals surface area contributed by atoms with Crippen LogP contribution in [0.5, 0.6) is 0 Å². The van der Waals surface area contributed by atoms with Crippen molar-refractivity contribution in [3.63, 3.8) is 0 Å². The molecule has 0 radical (unpaired) electrons. The van der Waals surface area contributed by atoms with E-state index in [1.54, 1.807) is 24.3 Å². The molecule has 1 atom stereocenters. The van der Waals surface area contributed by atoms with Crippen molar-refractivity contribution in [1.82, 2.24) is 9.88 Å². The highest BCUT2D eigenvalue weighted by molar-refractivity contribution is 8.00. The molecule has 0 aliphatic carbocycles. The lowest BCUT2D eigenvalue weighted by Crippen LogP contribution is -2.38. The third-order valence-electron chi connectivity index (χ3n) is 2.33. The number of carbonyl (C=O) groups excluding carboxylic acids is 1. The summed E-state index contributed by atoms with van der Waals surface area (Å²) < 4.78 is 0. The second-order valence-electron chi connectivity index (χ2n) is 3.51. The van der Waals surface area contributed by atoms with Gasteiger partial charge in [0.05, 0.1) is 18.4 Å². The molecular formula is C11H16N2O2S. The fourth-order valence-electron chi connectivity index (χ4n) is 1.05. The van der Waals surface area contributed by atoms with Crippen LogP contribution >= 0.6 is 11.8 Å². The molecule has 0 saturated carbocycles. The second-order valence-corrected chi connectivity index (χ2v) is 4.56. The Bertz CT molecular complexity index is 332. The van der Waals surface area contributed by atoms with Crippen LogP contribution in [0.4, 0.5) is 0 Å². The smallest absolute Gasteiger partial charge is 0.232 e. The van der Waals surface area contributed by atoms with E-state index in [0.717, 1.165) is 4.90 Å². The van der Waals surface area contributed by atoms with Gasteiger partial charge in [0.2, 0.25) is 5.91 Å². The van der Waals surface area contributed by atoms with Gasteiger partial charge in [-0.15, -0.1) is 11.8 Å². The maximum absolute atomic E-state index is 11.7. The molecule has 0 bridgehead atoms. The number of amides is 1. The summed E-state index contributed by atoms with van der Waals surface area (Å²) in [5.41, 5.74) is 0. The molecule has 0 aliphatic rings. The van der Waals surface area contributed by atoms with Gasteiger partial charge in [-0.3, -0.25) is 9.78 Å². The minimum atomic E-state index is -0.134. The van der Waals surface area contributed by atoms with E-state index in [9.17, 15) is 4.79 Å². The Balaban J connectivity index is 2.41. The van der Waals surface area contributed by atoms with Crippen molar-refractivity contribution in [3.05, 3.63) is 24.5 Å². The summed E-state index contributed by atoms with van der Waals surface area (Å²) in [4.78, 5) is 18.2. The zero-order valence-electron chi connectivity index (χ0n) is 9.46. The number of nitrogens with zero attached hydrogens (tertiary/aromatic N) is 2. The number of hydrogen-bond donors (Lipinski definition) is 1. The van der Waals surface area contributed by atoms with Crippen molar-refractivity contribution in [1.29, 1.82) is 0 Å². The minimum absolute atomic E-state index is 0.0117. The lowest BCUT2D eigenvalue weighted by Gasteiger charge is -2.22. The van der Waals surface area contributed by atoms with Gasteiger partial charge in [0.1, 0.15) is 0 Å². The first-order chi connectivity index (χ1) is 7.65. The maximum Gasteiger partial charge on any atom is 0.232 e. The molecule has 1 amide bonds. The molecule has 1 unspecified atom stereocenters. The third-order valence-corrected chi connectivity index (χ3v) is 3.33. The Morgan fingerprint density at radius 3 is 2.75 bits per heavy atom. The van der Waals surface area contributed by atoms with Crippen LogP contribution in [0, 0.1) is 0 Å². The number of hydrogen-bond acceptors (Lipinski definition) is 4. The highest BCUT2D eigenvalue weighted by Crippen LogP contribution is 2.16. The van der Waals surface area contributed by atoms with Gasteiger partial charge in [-0.2, -0.15) is 0 Å². The average Bonchev–Trinajstić information content (AvgIpc) is 2.35. The van der Waals surface area contributed by atoms with Crippen LogP contribution in [0.25, 0.3) is 0 Å². The number of aromatic nitrogens is 1. The Morgan fingerprint density at radius 2 is 2.19 bits per heavy atom. The van der Waals surface area contributed by atoms with Gasteiger partial charge >= 0.3 is 0 Å². The van der Waals surface area contributed by atoms with Crippen LogP contribution in [0.3, 0.4) is 0 Å². The lowest BCUT2D eigenvalue weighted by molar-refractivity contribution is -0.129. The summed E-state index contributed by atoms with van der Waals surface area (Å²) >= 11 is 1.47. The van der Waals surface area contributed by atoms with Gasteiger partial charge in [0, 0.05) is 24.3 Å². The van der Waals surface area contributed by atoms with Gasteiger partial charge in [-0.05, 0) is 19.1 Å². The molecular weight excluding hydrogens is 224 g/mol. The highest BCUT2D eigenvalue weighted by atomic mass is 32.2. The molecule has 0 spiro atoms. The number of rotatable bonds is 5. The summed E-state index contributed by atoms with van der Waals surface area (Å²) in [6, 6.07) is 3.60. The molecule has 5 heteroatoms. The van der Waals surface area contributed by atoms with Gasteiger partial charge < -0.3 is 10.0 Å². The first-order valence-corrected chi connectivity index (χ1v) is 6.03. The number of thioether (sulfide) groups is 1. The Kier molecular flexibility index (Phi) is 5.28. The third kappa shape index (κ3) is 3.83. The van der Waals surface area contributed by atoms with E-state index < -0.39 is 0 Å². The van der Waals surface area contributed by atoms with Crippen LogP contribution in [-0.4, -0.2) is 46.3 Å². The molecule has 1 aromatic heterocycles. The maximum atomic E-state index is 11.7. The predicted octanol–water partition coefficient (Wildman–Crippen LogP) is 1.01. The molecule has 1 heterocycles. The molecule has 1 N–H and O–H groups in total. The van der Waals surface area contributed by atoms with Gasteiger partial charge in [0.15, 0.2) is 0 Å². The Labute approximate surface area is 99.7 Å². The molecule has 1 rings (SSSR count). The number of likely N-dealkylation sites (N-methyl/N-ethyl adjacent to an activating group) is 1. The summed E-state index contributed by atoms with van der Waals surface area (Å²) in [5, 5.41) is 8.93. The minimum Gasteiger partial charge on any atom is -0.394 e. The van der Waals surface area contributed by atoms with Gasteiger partial charge in [-0.25, -0.2) is 0 Å². The topological polar surface area (TPSA) is 53.4 Å². The fraction of sp³-hybridized carbons (Fsp3) is 0.455. The van der Waals surface area contributed by atoms with Crippen molar-refractivity contribution in [2.24, 2.45) is 0 Å². The fourth-order valence-corrected chi connectivity index (χ4v) is 1.86. The predicted molar refractivity (Wildman–Crippen MR) is 64.3 cm³/mol. The first-order valence-electron chi connectivity index (χ1n) is 5.04. The Hall–Kier alpha value is -1.07. The van der Waals surface area contributed by atoms with Crippen LogP contribution in [0.1, 0.15) is 6.92 Å². The van der Waals surface area contributed by atoms with E-state index in [1.807, 2.05) is 19.1 Å². The SMILES string of the molecule is CC(CO)N(C)C(=O)CSc1ccncc1.